The van der Waals surface area contributed by atoms with Crippen LogP contribution in [0.1, 0.15) is 59.6 Å². The average molecular weight is 542 g/mol. The van der Waals surface area contributed by atoms with Crippen molar-refractivity contribution >= 4 is 44.3 Å². The predicted molar refractivity (Wildman–Crippen MR) is 143 cm³/mol. The largest absolute Gasteiger partial charge is 0.426 e. The molecule has 0 saturated carbocycles. The molecule has 0 saturated heterocycles. The van der Waals surface area contributed by atoms with Crippen LogP contribution in [0.2, 0.25) is 0 Å². The van der Waals surface area contributed by atoms with Gasteiger partial charge in [0.05, 0.1) is 5.56 Å². The van der Waals surface area contributed by atoms with Crippen molar-refractivity contribution in [2.45, 2.75) is 39.3 Å². The third-order valence-corrected chi connectivity index (χ3v) is 7.99. The number of ether oxygens (including phenoxy) is 1. The van der Waals surface area contributed by atoms with Gasteiger partial charge in [-0.15, -0.1) is 0 Å². The molecule has 5 nitrogen and oxygen atoms in total. The zero-order valence-corrected chi connectivity index (χ0v) is 21.9. The number of nitrogens with zero attached hydrogens (tertiary/aromatic N) is 1. The molecule has 1 atom stereocenters. The maximum Gasteiger partial charge on any atom is 0.308 e. The number of anilines is 1. The fraction of sp³-hybridized carbons (Fsp3) is 0.200. The lowest BCUT2D eigenvalue weighted by atomic mass is 9.80. The molecule has 0 spiro atoms. The number of benzene rings is 4. The molecule has 0 bridgehead atoms. The van der Waals surface area contributed by atoms with Crippen molar-refractivity contribution in [2.75, 3.05) is 4.90 Å². The van der Waals surface area contributed by atoms with Crippen molar-refractivity contribution in [1.29, 1.82) is 0 Å². The van der Waals surface area contributed by atoms with Gasteiger partial charge in [0, 0.05) is 33.4 Å². The molecular weight excluding hydrogens is 518 g/mol. The van der Waals surface area contributed by atoms with Crippen molar-refractivity contribution in [3.05, 3.63) is 93.0 Å². The lowest BCUT2D eigenvalue weighted by Crippen LogP contribution is -2.27. The van der Waals surface area contributed by atoms with Gasteiger partial charge in [0.15, 0.2) is 6.23 Å². The smallest absolute Gasteiger partial charge is 0.308 e. The summed E-state index contributed by atoms with van der Waals surface area (Å²) in [5, 5.41) is 13.4. The van der Waals surface area contributed by atoms with Gasteiger partial charge in [-0.05, 0) is 70.5 Å². The van der Waals surface area contributed by atoms with E-state index in [1.54, 1.807) is 0 Å². The van der Waals surface area contributed by atoms with E-state index in [0.717, 1.165) is 43.1 Å². The first-order valence-corrected chi connectivity index (χ1v) is 12.6. The third kappa shape index (κ3) is 3.04. The molecule has 0 radical (unpaired) electrons. The van der Waals surface area contributed by atoms with Gasteiger partial charge in [0.25, 0.3) is 5.91 Å². The second-order valence-corrected chi connectivity index (χ2v) is 10.9. The van der Waals surface area contributed by atoms with Crippen molar-refractivity contribution in [2.24, 2.45) is 0 Å². The molecule has 1 N–H and O–H groups in total. The number of esters is 1. The SMILES string of the molecule is CC(=O)Oc1cc2c(c3ccccc13)-c1c(cc(C)c3c1C(O)N(c1ccc(Br)cc1)C3=O)C2(C)C. The predicted octanol–water partition coefficient (Wildman–Crippen LogP) is 6.79. The highest BCUT2D eigenvalue weighted by atomic mass is 79.9. The van der Waals surface area contributed by atoms with Crippen molar-refractivity contribution in [3.8, 4) is 16.9 Å². The van der Waals surface area contributed by atoms with Crippen molar-refractivity contribution in [1.82, 2.24) is 0 Å². The molecule has 1 aliphatic heterocycles. The number of rotatable bonds is 2. The zero-order valence-electron chi connectivity index (χ0n) is 20.3. The van der Waals surface area contributed by atoms with Gasteiger partial charge >= 0.3 is 5.97 Å². The first kappa shape index (κ1) is 23.0. The number of aliphatic hydroxyl groups is 1. The molecular formula is C30H24BrNO4. The molecule has 36 heavy (non-hydrogen) atoms. The van der Waals surface area contributed by atoms with Crippen molar-refractivity contribution < 1.29 is 19.4 Å². The first-order chi connectivity index (χ1) is 17.1. The number of aliphatic hydroxyl groups excluding tert-OH is 1. The molecule has 1 unspecified atom stereocenters. The Balaban J connectivity index is 1.68. The lowest BCUT2D eigenvalue weighted by molar-refractivity contribution is -0.131. The van der Waals surface area contributed by atoms with Crippen LogP contribution in [0.25, 0.3) is 21.9 Å². The van der Waals surface area contributed by atoms with Gasteiger partial charge in [0.2, 0.25) is 0 Å². The molecule has 4 aromatic carbocycles. The van der Waals surface area contributed by atoms with E-state index in [9.17, 15) is 14.7 Å². The fourth-order valence-electron chi connectivity index (χ4n) is 5.86. The Bertz CT molecular complexity index is 1620. The van der Waals surface area contributed by atoms with Crippen LogP contribution in [0, 0.1) is 6.92 Å². The van der Waals surface area contributed by atoms with E-state index < -0.39 is 11.6 Å². The van der Waals surface area contributed by atoms with E-state index in [0.29, 0.717) is 22.6 Å². The third-order valence-electron chi connectivity index (χ3n) is 7.46. The Hall–Kier alpha value is -3.48. The van der Waals surface area contributed by atoms with E-state index in [1.165, 1.54) is 11.8 Å². The summed E-state index contributed by atoms with van der Waals surface area (Å²) < 4.78 is 6.53. The summed E-state index contributed by atoms with van der Waals surface area (Å²) in [6.45, 7) is 7.59. The highest BCUT2D eigenvalue weighted by molar-refractivity contribution is 9.10. The molecule has 6 heteroatoms. The van der Waals surface area contributed by atoms with E-state index in [2.05, 4.69) is 35.8 Å². The average Bonchev–Trinajstić information content (AvgIpc) is 3.22. The number of fused-ring (bicyclic) bond motifs is 7. The van der Waals surface area contributed by atoms with Gasteiger partial charge in [-0.2, -0.15) is 0 Å². The number of aryl methyl sites for hydroxylation is 1. The standard InChI is InChI=1S/C30H24BrNO4/c1-15-13-21-26(27-24(15)28(34)32(29(27)35)18-11-9-17(31)10-12-18)25-20-8-6-5-7-19(20)23(36-16(2)33)14-22(25)30(21,3)4/h5-14,29,35H,1-4H3. The minimum atomic E-state index is -1.13. The van der Waals surface area contributed by atoms with Gasteiger partial charge in [-0.3, -0.25) is 14.5 Å². The first-order valence-electron chi connectivity index (χ1n) is 11.8. The number of halogens is 1. The van der Waals surface area contributed by atoms with Crippen LogP contribution in [0.15, 0.2) is 65.1 Å². The number of hydrogen-bond donors (Lipinski definition) is 1. The maximum absolute atomic E-state index is 13.7. The summed E-state index contributed by atoms with van der Waals surface area (Å²) in [5.74, 6) is -0.0808. The Labute approximate surface area is 217 Å². The van der Waals surface area contributed by atoms with Crippen LogP contribution in [0.5, 0.6) is 5.75 Å². The summed E-state index contributed by atoms with van der Waals surface area (Å²) >= 11 is 3.44. The van der Waals surface area contributed by atoms with Crippen molar-refractivity contribution in [3.63, 3.8) is 0 Å². The Morgan fingerprint density at radius 2 is 1.61 bits per heavy atom. The van der Waals surface area contributed by atoms with E-state index >= 15 is 0 Å². The van der Waals surface area contributed by atoms with Gasteiger partial charge in [-0.1, -0.05) is 60.1 Å². The maximum atomic E-state index is 13.7. The molecule has 180 valence electrons. The van der Waals surface area contributed by atoms with Gasteiger partial charge in [0.1, 0.15) is 5.75 Å². The summed E-state index contributed by atoms with van der Waals surface area (Å²) in [6.07, 6.45) is -1.13. The number of carbonyl (C=O) groups excluding carboxylic acids is 2. The molecule has 0 aromatic heterocycles. The van der Waals surface area contributed by atoms with E-state index in [1.807, 2.05) is 61.5 Å². The monoisotopic (exact) mass is 541 g/mol. The van der Waals surface area contributed by atoms with Crippen LogP contribution >= 0.6 is 15.9 Å². The highest BCUT2D eigenvalue weighted by Gasteiger charge is 2.46. The molecule has 1 heterocycles. The van der Waals surface area contributed by atoms with Crippen LogP contribution in [-0.2, 0) is 10.2 Å². The second kappa shape index (κ2) is 7.76. The molecule has 4 aromatic rings. The molecule has 2 aliphatic rings. The van der Waals surface area contributed by atoms with E-state index in [-0.39, 0.29) is 11.9 Å². The quantitative estimate of drug-likeness (QED) is 0.224. The molecule has 1 amide bonds. The second-order valence-electron chi connectivity index (χ2n) is 9.99. The van der Waals surface area contributed by atoms with Crippen LogP contribution in [-0.4, -0.2) is 17.0 Å². The number of amides is 1. The highest BCUT2D eigenvalue weighted by Crippen LogP contribution is 2.57. The summed E-state index contributed by atoms with van der Waals surface area (Å²) in [6, 6.07) is 19.2. The number of carbonyl (C=O) groups is 2. The summed E-state index contributed by atoms with van der Waals surface area (Å²) in [5.41, 5.74) is 6.12. The van der Waals surface area contributed by atoms with Crippen LogP contribution < -0.4 is 9.64 Å². The van der Waals surface area contributed by atoms with Gasteiger partial charge in [-0.25, -0.2) is 0 Å². The summed E-state index contributed by atoms with van der Waals surface area (Å²) in [7, 11) is 0. The van der Waals surface area contributed by atoms with Crippen LogP contribution in [0.4, 0.5) is 5.69 Å². The molecule has 6 rings (SSSR count). The Morgan fingerprint density at radius 3 is 2.28 bits per heavy atom. The lowest BCUT2D eigenvalue weighted by Gasteiger charge is -2.23. The minimum absolute atomic E-state index is 0.216. The number of hydrogen-bond acceptors (Lipinski definition) is 4. The zero-order chi connectivity index (χ0) is 25.5. The van der Waals surface area contributed by atoms with Crippen LogP contribution in [0.3, 0.4) is 0 Å². The normalized spacial score (nSPS) is 17.2. The minimum Gasteiger partial charge on any atom is -0.426 e. The molecule has 1 aliphatic carbocycles. The Morgan fingerprint density at radius 1 is 0.972 bits per heavy atom. The van der Waals surface area contributed by atoms with E-state index in [4.69, 9.17) is 4.74 Å². The fourth-order valence-corrected chi connectivity index (χ4v) is 6.12. The topological polar surface area (TPSA) is 66.8 Å². The van der Waals surface area contributed by atoms with Gasteiger partial charge < -0.3 is 9.84 Å². The molecule has 0 fully saturated rings. The summed E-state index contributed by atoms with van der Waals surface area (Å²) in [4.78, 5) is 27.1. The Kier molecular flexibility index (Phi) is 4.95.